The van der Waals surface area contributed by atoms with Crippen molar-refractivity contribution in [2.24, 2.45) is 11.8 Å². The minimum absolute atomic E-state index is 0.111. The second-order valence-corrected chi connectivity index (χ2v) is 6.73. The van der Waals surface area contributed by atoms with Gasteiger partial charge in [0, 0.05) is 6.07 Å². The van der Waals surface area contributed by atoms with E-state index in [1.807, 2.05) is 13.8 Å². The Bertz CT molecular complexity index is 539. The van der Waals surface area contributed by atoms with Crippen LogP contribution in [-0.2, 0) is 0 Å². The number of benzene rings is 1. The largest absolute Gasteiger partial charge is 0.492 e. The summed E-state index contributed by atoms with van der Waals surface area (Å²) in [6.45, 7) is 9.06. The molecule has 0 bridgehead atoms. The van der Waals surface area contributed by atoms with Crippen LogP contribution in [0.3, 0.4) is 0 Å². The first-order valence-corrected chi connectivity index (χ1v) is 8.88. The van der Waals surface area contributed by atoms with Gasteiger partial charge in [0.2, 0.25) is 0 Å². The molecule has 2 atom stereocenters. The molecule has 0 radical (unpaired) electrons. The lowest BCUT2D eigenvalue weighted by Gasteiger charge is -2.17. The van der Waals surface area contributed by atoms with Gasteiger partial charge in [-0.3, -0.25) is 9.59 Å². The van der Waals surface area contributed by atoms with E-state index in [1.54, 1.807) is 0 Å². The van der Waals surface area contributed by atoms with Crippen LogP contribution in [-0.4, -0.2) is 23.7 Å². The zero-order valence-corrected chi connectivity index (χ0v) is 16.0. The van der Waals surface area contributed by atoms with E-state index in [4.69, 9.17) is 32.7 Å². The monoisotopic (exact) mass is 374 g/mol. The number of hydrogen-bond donors (Lipinski definition) is 0. The second kappa shape index (κ2) is 9.90. The summed E-state index contributed by atoms with van der Waals surface area (Å²) in [5.74, 6) is 1.25. The smallest absolute Gasteiger partial charge is 0.256 e. The number of rotatable bonds is 10. The first kappa shape index (κ1) is 20.8. The Labute approximate surface area is 153 Å². The quantitative estimate of drug-likeness (QED) is 0.521. The molecule has 0 heterocycles. The molecule has 0 aliphatic carbocycles. The van der Waals surface area contributed by atoms with E-state index in [9.17, 15) is 9.59 Å². The van der Waals surface area contributed by atoms with Crippen LogP contribution >= 0.6 is 23.2 Å². The molecule has 0 fully saturated rings. The molecular formula is C18H24Cl2O4. The molecular weight excluding hydrogens is 351 g/mol. The molecule has 134 valence electrons. The number of carbonyl (C=O) groups excluding carboxylic acids is 2. The van der Waals surface area contributed by atoms with Crippen LogP contribution in [0, 0.1) is 11.8 Å². The van der Waals surface area contributed by atoms with Crippen molar-refractivity contribution in [2.45, 2.75) is 40.5 Å². The number of halogens is 2. The van der Waals surface area contributed by atoms with Gasteiger partial charge in [-0.15, -0.1) is 0 Å². The van der Waals surface area contributed by atoms with E-state index in [-0.39, 0.29) is 11.1 Å². The summed E-state index contributed by atoms with van der Waals surface area (Å²) in [5.41, 5.74) is 0.222. The van der Waals surface area contributed by atoms with E-state index in [0.717, 1.165) is 12.8 Å². The molecule has 6 heteroatoms. The molecule has 0 N–H and O–H groups in total. The van der Waals surface area contributed by atoms with Gasteiger partial charge in [-0.2, -0.15) is 0 Å². The molecule has 0 unspecified atom stereocenters. The van der Waals surface area contributed by atoms with Crippen LogP contribution in [0.2, 0.25) is 0 Å². The van der Waals surface area contributed by atoms with Crippen molar-refractivity contribution in [1.29, 1.82) is 0 Å². The number of ether oxygens (including phenoxy) is 2. The molecule has 0 saturated carbocycles. The summed E-state index contributed by atoms with van der Waals surface area (Å²) in [6, 6.07) is 2.86. The van der Waals surface area contributed by atoms with Crippen molar-refractivity contribution < 1.29 is 19.1 Å². The summed E-state index contributed by atoms with van der Waals surface area (Å²) in [4.78, 5) is 23.3. The fraction of sp³-hybridized carbons (Fsp3) is 0.556. The number of carbonyl (C=O) groups is 2. The van der Waals surface area contributed by atoms with Gasteiger partial charge in [0.25, 0.3) is 10.5 Å². The van der Waals surface area contributed by atoms with Gasteiger partial charge in [-0.05, 0) is 41.1 Å². The Hall–Kier alpha value is -1.26. The van der Waals surface area contributed by atoms with E-state index < -0.39 is 10.5 Å². The van der Waals surface area contributed by atoms with Crippen molar-refractivity contribution in [1.82, 2.24) is 0 Å². The first-order valence-electron chi connectivity index (χ1n) is 8.13. The van der Waals surface area contributed by atoms with Crippen molar-refractivity contribution in [2.75, 3.05) is 13.2 Å². The van der Waals surface area contributed by atoms with Crippen LogP contribution in [0.4, 0.5) is 0 Å². The maximum absolute atomic E-state index is 11.7. The van der Waals surface area contributed by atoms with Gasteiger partial charge in [0.1, 0.15) is 11.5 Å². The van der Waals surface area contributed by atoms with Gasteiger partial charge in [0.15, 0.2) is 0 Å². The zero-order valence-electron chi connectivity index (χ0n) is 14.5. The SMILES string of the molecule is CC[C@H](C)COc1cc(OC[C@@H](C)CC)c(C(=O)Cl)cc1C(=O)Cl. The van der Waals surface area contributed by atoms with E-state index >= 15 is 0 Å². The van der Waals surface area contributed by atoms with Gasteiger partial charge in [0.05, 0.1) is 24.3 Å². The molecule has 0 amide bonds. The molecule has 0 aliphatic rings. The standard InChI is InChI=1S/C18H24Cl2O4/c1-5-11(3)9-23-15-8-16(24-10-12(4)6-2)14(18(20)22)7-13(15)17(19)21/h7-8,11-12H,5-6,9-10H2,1-4H3/t11-,12-/m0/s1. The molecule has 0 spiro atoms. The molecule has 1 aromatic rings. The first-order chi connectivity index (χ1) is 11.3. The lowest BCUT2D eigenvalue weighted by molar-refractivity contribution is 0.107. The van der Waals surface area contributed by atoms with E-state index in [2.05, 4.69) is 13.8 Å². The maximum Gasteiger partial charge on any atom is 0.256 e. The van der Waals surface area contributed by atoms with Crippen molar-refractivity contribution in [3.8, 4) is 11.5 Å². The lowest BCUT2D eigenvalue weighted by atomic mass is 10.1. The summed E-state index contributed by atoms with van der Waals surface area (Å²) in [5, 5.41) is -1.41. The van der Waals surface area contributed by atoms with E-state index in [0.29, 0.717) is 36.5 Å². The summed E-state index contributed by atoms with van der Waals surface area (Å²) in [7, 11) is 0. The maximum atomic E-state index is 11.7. The fourth-order valence-corrected chi connectivity index (χ4v) is 2.10. The third kappa shape index (κ3) is 5.99. The highest BCUT2D eigenvalue weighted by atomic mass is 35.5. The minimum atomic E-state index is -0.707. The third-order valence-electron chi connectivity index (χ3n) is 3.95. The van der Waals surface area contributed by atoms with Crippen molar-refractivity contribution in [3.63, 3.8) is 0 Å². The topological polar surface area (TPSA) is 52.6 Å². The van der Waals surface area contributed by atoms with Gasteiger partial charge in [-0.25, -0.2) is 0 Å². The van der Waals surface area contributed by atoms with Gasteiger partial charge >= 0.3 is 0 Å². The number of hydrogen-bond acceptors (Lipinski definition) is 4. The molecule has 1 rings (SSSR count). The van der Waals surface area contributed by atoms with Crippen LogP contribution in [0.5, 0.6) is 11.5 Å². The van der Waals surface area contributed by atoms with Crippen LogP contribution in [0.25, 0.3) is 0 Å². The van der Waals surface area contributed by atoms with Crippen LogP contribution in [0.15, 0.2) is 12.1 Å². The average molecular weight is 375 g/mol. The Morgan fingerprint density at radius 2 is 1.25 bits per heavy atom. The summed E-state index contributed by atoms with van der Waals surface area (Å²) < 4.78 is 11.4. The highest BCUT2D eigenvalue weighted by Gasteiger charge is 2.20. The molecule has 0 saturated heterocycles. The fourth-order valence-electron chi connectivity index (χ4n) is 1.81. The normalized spacial score (nSPS) is 13.2. The van der Waals surface area contributed by atoms with Crippen molar-refractivity contribution in [3.05, 3.63) is 23.3 Å². The molecule has 1 aromatic carbocycles. The summed E-state index contributed by atoms with van der Waals surface area (Å²) >= 11 is 11.2. The molecule has 0 aromatic heterocycles. The zero-order chi connectivity index (χ0) is 18.3. The minimum Gasteiger partial charge on any atom is -0.492 e. The Morgan fingerprint density at radius 1 is 0.875 bits per heavy atom. The van der Waals surface area contributed by atoms with Crippen LogP contribution < -0.4 is 9.47 Å². The Kier molecular flexibility index (Phi) is 8.57. The van der Waals surface area contributed by atoms with Gasteiger partial charge < -0.3 is 9.47 Å². The second-order valence-electron chi connectivity index (χ2n) is 6.04. The highest BCUT2D eigenvalue weighted by molar-refractivity contribution is 6.69. The predicted octanol–water partition coefficient (Wildman–Crippen LogP) is 5.29. The highest BCUT2D eigenvalue weighted by Crippen LogP contribution is 2.32. The van der Waals surface area contributed by atoms with Crippen molar-refractivity contribution >= 4 is 33.7 Å². The average Bonchev–Trinajstić information content (AvgIpc) is 2.56. The molecule has 0 aliphatic heterocycles. The lowest BCUT2D eigenvalue weighted by Crippen LogP contribution is -2.12. The predicted molar refractivity (Wildman–Crippen MR) is 96.7 cm³/mol. The molecule has 24 heavy (non-hydrogen) atoms. The Morgan fingerprint density at radius 3 is 1.54 bits per heavy atom. The molecule has 4 nitrogen and oxygen atoms in total. The van der Waals surface area contributed by atoms with Gasteiger partial charge in [-0.1, -0.05) is 40.5 Å². The Balaban J connectivity index is 3.19. The summed E-state index contributed by atoms with van der Waals surface area (Å²) in [6.07, 6.45) is 1.89. The third-order valence-corrected chi connectivity index (χ3v) is 4.35. The van der Waals surface area contributed by atoms with Crippen LogP contribution in [0.1, 0.15) is 61.3 Å². The van der Waals surface area contributed by atoms with E-state index in [1.165, 1.54) is 12.1 Å².